The second kappa shape index (κ2) is 81.8. The van der Waals surface area contributed by atoms with Crippen LogP contribution in [0.15, 0.2) is 194 Å². The smallest absolute Gasteiger partial charge is 0.462 e. The third kappa shape index (κ3) is 81.7. The van der Waals surface area contributed by atoms with Crippen LogP contribution in [0.2, 0.25) is 0 Å². The molecular formula is C89H146NO8P. The van der Waals surface area contributed by atoms with Crippen LogP contribution in [0, 0.1) is 0 Å². The average molecular weight is 1390 g/mol. The Balaban J connectivity index is 3.93. The average Bonchev–Trinajstić information content (AvgIpc) is 1.35. The van der Waals surface area contributed by atoms with Crippen molar-refractivity contribution in [1.29, 1.82) is 0 Å². The van der Waals surface area contributed by atoms with Crippen LogP contribution in [0.4, 0.5) is 0 Å². The molecule has 3 N–H and O–H groups in total. The second-order valence-corrected chi connectivity index (χ2v) is 27.3. The topological polar surface area (TPSA) is 134 Å². The quantitative estimate of drug-likeness (QED) is 0.0264. The molecule has 0 saturated heterocycles. The molecule has 0 bridgehead atoms. The summed E-state index contributed by atoms with van der Waals surface area (Å²) in [4.78, 5) is 35.4. The summed E-state index contributed by atoms with van der Waals surface area (Å²) in [5, 5.41) is 0. The third-order valence-corrected chi connectivity index (χ3v) is 17.5. The highest BCUT2D eigenvalue weighted by Crippen LogP contribution is 2.43. The summed E-state index contributed by atoms with van der Waals surface area (Å²) >= 11 is 0. The van der Waals surface area contributed by atoms with Gasteiger partial charge in [-0.25, -0.2) is 4.57 Å². The zero-order valence-electron chi connectivity index (χ0n) is 63.2. The predicted octanol–water partition coefficient (Wildman–Crippen LogP) is 27.2. The largest absolute Gasteiger partial charge is 0.472 e. The molecule has 2 atom stereocenters. The number of hydrogen-bond acceptors (Lipinski definition) is 8. The van der Waals surface area contributed by atoms with Crippen LogP contribution >= 0.6 is 7.82 Å². The Morgan fingerprint density at radius 2 is 0.525 bits per heavy atom. The van der Waals surface area contributed by atoms with Gasteiger partial charge >= 0.3 is 19.8 Å². The number of rotatable bonds is 73. The summed E-state index contributed by atoms with van der Waals surface area (Å²) < 4.78 is 33.2. The van der Waals surface area contributed by atoms with Crippen LogP contribution in [0.1, 0.15) is 322 Å². The monoisotopic (exact) mass is 1390 g/mol. The third-order valence-electron chi connectivity index (χ3n) is 16.5. The van der Waals surface area contributed by atoms with Crippen LogP contribution in [0.3, 0.4) is 0 Å². The lowest BCUT2D eigenvalue weighted by atomic mass is 10.0. The number of carbonyl (C=O) groups is 2. The molecule has 9 nitrogen and oxygen atoms in total. The number of nitrogens with two attached hydrogens (primary N) is 1. The van der Waals surface area contributed by atoms with E-state index in [9.17, 15) is 19.0 Å². The van der Waals surface area contributed by atoms with E-state index in [0.717, 1.165) is 135 Å². The fourth-order valence-electron chi connectivity index (χ4n) is 10.7. The number of esters is 2. The van der Waals surface area contributed by atoms with Gasteiger partial charge in [0, 0.05) is 19.4 Å². The van der Waals surface area contributed by atoms with Crippen LogP contribution in [-0.2, 0) is 32.7 Å². The van der Waals surface area contributed by atoms with Gasteiger partial charge in [0.2, 0.25) is 0 Å². The van der Waals surface area contributed by atoms with Crippen molar-refractivity contribution in [2.45, 2.75) is 328 Å². The second-order valence-electron chi connectivity index (χ2n) is 25.8. The minimum Gasteiger partial charge on any atom is -0.462 e. The normalized spacial score (nSPS) is 13.9. The molecule has 0 aromatic heterocycles. The van der Waals surface area contributed by atoms with Gasteiger partial charge in [0.15, 0.2) is 6.10 Å². The lowest BCUT2D eigenvalue weighted by molar-refractivity contribution is -0.161. The minimum absolute atomic E-state index is 0.0382. The fourth-order valence-corrected chi connectivity index (χ4v) is 11.4. The van der Waals surface area contributed by atoms with Crippen molar-refractivity contribution in [2.75, 3.05) is 26.4 Å². The van der Waals surface area contributed by atoms with Gasteiger partial charge in [-0.1, -0.05) is 362 Å². The van der Waals surface area contributed by atoms with Gasteiger partial charge in [-0.05, 0) is 141 Å². The Morgan fingerprint density at radius 1 is 0.303 bits per heavy atom. The van der Waals surface area contributed by atoms with Crippen molar-refractivity contribution in [1.82, 2.24) is 0 Å². The Kier molecular flexibility index (Phi) is 77.6. The van der Waals surface area contributed by atoms with Gasteiger partial charge in [-0.3, -0.25) is 18.6 Å². The maximum atomic E-state index is 12.8. The first-order valence-corrected chi connectivity index (χ1v) is 41.4. The molecule has 0 aromatic rings. The molecule has 10 heteroatoms. The first kappa shape index (κ1) is 93.8. The summed E-state index contributed by atoms with van der Waals surface area (Å²) in [7, 11) is -4.42. The van der Waals surface area contributed by atoms with Crippen molar-refractivity contribution in [2.24, 2.45) is 5.73 Å². The summed E-state index contributed by atoms with van der Waals surface area (Å²) in [6.45, 7) is 3.48. The number of phosphoric ester groups is 1. The first-order valence-electron chi connectivity index (χ1n) is 39.9. The van der Waals surface area contributed by atoms with Crippen molar-refractivity contribution >= 4 is 19.8 Å². The lowest BCUT2D eigenvalue weighted by Crippen LogP contribution is -2.29. The molecule has 0 aliphatic carbocycles. The summed E-state index contributed by atoms with van der Waals surface area (Å²) in [6, 6.07) is 0. The molecule has 0 saturated carbocycles. The van der Waals surface area contributed by atoms with Crippen LogP contribution in [0.25, 0.3) is 0 Å². The zero-order valence-corrected chi connectivity index (χ0v) is 64.0. The Labute approximate surface area is 608 Å². The molecule has 0 radical (unpaired) electrons. The van der Waals surface area contributed by atoms with Crippen molar-refractivity contribution < 1.29 is 37.6 Å². The number of allylic oxidation sites excluding steroid dienone is 32. The van der Waals surface area contributed by atoms with Gasteiger partial charge in [0.05, 0.1) is 13.2 Å². The van der Waals surface area contributed by atoms with E-state index in [-0.39, 0.29) is 32.6 Å². The standard InChI is InChI=1S/C89H146NO8P/c1-3-5-7-9-11-13-15-17-19-21-23-25-27-29-31-33-35-37-39-41-43-45-47-49-51-53-55-57-59-61-63-65-67-69-71-73-75-77-79-81-88(91)95-85-87(86-97-99(93,94)96-84-83-90)98-89(92)82-80-78-76-74-72-70-68-66-64-62-60-58-56-54-52-50-48-46-44-42-40-38-36-34-32-30-28-26-24-22-20-18-16-14-12-10-8-6-4-2/h5-8,11-14,17-20,23-26,30,32,36,38,42,44,48,50,54,56,60,62,66,68,72,74,87H,3-4,9-10,15-16,21-22,27-29,31,33-35,37,39-41,43,45-47,49,51-53,55,57-59,61,63-65,67,69-71,73,75-86,90H2,1-2H3,(H,93,94)/b7-5-,8-6-,13-11-,14-12-,19-17-,20-18-,25-23-,26-24-,32-30-,38-36-,44-42-,50-48-,56-54-,62-60-,68-66-,74-72-. The molecule has 0 heterocycles. The SMILES string of the molecule is CC/C=C\C/C=C\C/C=C\C/C=C\C/C=C\C/C=C\C/C=C\C/C=C\C/C=C\C/C=C\C/C=C\C/C=C\CCCCC(=O)OC(COC(=O)CCCCCCCCCCCCCCCCCCCCCCCCCCCC/C=C\C/C=C\C/C=C\C/C=C\CC)COP(=O)(O)OCCN. The van der Waals surface area contributed by atoms with Gasteiger partial charge in [0.1, 0.15) is 6.61 Å². The maximum absolute atomic E-state index is 12.8. The highest BCUT2D eigenvalue weighted by atomic mass is 31.2. The Bertz CT molecular complexity index is 2340. The summed E-state index contributed by atoms with van der Waals surface area (Å²) in [5.41, 5.74) is 5.41. The first-order chi connectivity index (χ1) is 48.8. The highest BCUT2D eigenvalue weighted by molar-refractivity contribution is 7.47. The highest BCUT2D eigenvalue weighted by Gasteiger charge is 2.26. The summed E-state index contributed by atoms with van der Waals surface area (Å²) in [5.74, 6) is -0.881. The Hall–Kier alpha value is -5.15. The molecule has 0 aliphatic rings. The molecule has 0 fully saturated rings. The van der Waals surface area contributed by atoms with Crippen molar-refractivity contribution in [3.63, 3.8) is 0 Å². The van der Waals surface area contributed by atoms with Gasteiger partial charge in [0.25, 0.3) is 0 Å². The zero-order chi connectivity index (χ0) is 71.5. The van der Waals surface area contributed by atoms with E-state index in [4.69, 9.17) is 24.3 Å². The Morgan fingerprint density at radius 3 is 0.798 bits per heavy atom. The fraction of sp³-hybridized carbons (Fsp3) is 0.618. The number of phosphoric acid groups is 1. The van der Waals surface area contributed by atoms with E-state index in [1.165, 1.54) is 154 Å². The van der Waals surface area contributed by atoms with E-state index < -0.39 is 32.5 Å². The van der Waals surface area contributed by atoms with Gasteiger partial charge in [-0.15, -0.1) is 0 Å². The molecule has 560 valence electrons. The lowest BCUT2D eigenvalue weighted by Gasteiger charge is -2.19. The predicted molar refractivity (Wildman–Crippen MR) is 431 cm³/mol. The van der Waals surface area contributed by atoms with E-state index in [1.54, 1.807) is 0 Å². The van der Waals surface area contributed by atoms with Crippen LogP contribution in [0.5, 0.6) is 0 Å². The molecule has 0 aliphatic heterocycles. The molecule has 0 spiro atoms. The number of carbonyl (C=O) groups excluding carboxylic acids is 2. The number of hydrogen-bond donors (Lipinski definition) is 2. The van der Waals surface area contributed by atoms with E-state index in [2.05, 4.69) is 208 Å². The van der Waals surface area contributed by atoms with Crippen LogP contribution < -0.4 is 5.73 Å². The van der Waals surface area contributed by atoms with E-state index in [1.807, 2.05) is 0 Å². The number of ether oxygens (including phenoxy) is 2. The van der Waals surface area contributed by atoms with Gasteiger partial charge in [-0.2, -0.15) is 0 Å². The van der Waals surface area contributed by atoms with Crippen molar-refractivity contribution in [3.05, 3.63) is 194 Å². The molecule has 2 unspecified atom stereocenters. The molecular weight excluding hydrogens is 1240 g/mol. The molecule has 0 amide bonds. The summed E-state index contributed by atoms with van der Waals surface area (Å²) in [6.07, 6.45) is 124. The van der Waals surface area contributed by atoms with Crippen LogP contribution in [-0.4, -0.2) is 49.3 Å². The van der Waals surface area contributed by atoms with Crippen molar-refractivity contribution in [3.8, 4) is 0 Å². The van der Waals surface area contributed by atoms with Gasteiger partial charge < -0.3 is 20.1 Å². The number of unbranched alkanes of at least 4 members (excludes halogenated alkanes) is 28. The molecule has 0 aromatic carbocycles. The molecule has 99 heavy (non-hydrogen) atoms. The van der Waals surface area contributed by atoms with E-state index >= 15 is 0 Å². The minimum atomic E-state index is -4.42. The molecule has 0 rings (SSSR count). The van der Waals surface area contributed by atoms with E-state index in [0.29, 0.717) is 6.42 Å². The maximum Gasteiger partial charge on any atom is 0.472 e.